The van der Waals surface area contributed by atoms with Crippen LogP contribution in [0.5, 0.6) is 0 Å². The third-order valence-electron chi connectivity index (χ3n) is 6.17. The Hall–Kier alpha value is -3.28. The largest absolute Gasteiger partial charge is 0.338 e. The van der Waals surface area contributed by atoms with Crippen molar-refractivity contribution in [3.05, 3.63) is 82.0 Å². The zero-order valence-electron chi connectivity index (χ0n) is 16.1. The molecule has 1 unspecified atom stereocenters. The van der Waals surface area contributed by atoms with Crippen molar-refractivity contribution >= 4 is 5.91 Å². The van der Waals surface area contributed by atoms with Crippen molar-refractivity contribution in [2.24, 2.45) is 0 Å². The van der Waals surface area contributed by atoms with Crippen LogP contribution in [0.2, 0.25) is 0 Å². The third kappa shape index (κ3) is 3.14. The number of carbonyl (C=O) groups excluding carboxylic acids is 1. The molecular weight excluding hydrogens is 364 g/mol. The molecule has 1 amide bonds. The zero-order chi connectivity index (χ0) is 19.8. The van der Waals surface area contributed by atoms with Gasteiger partial charge in [-0.25, -0.2) is 9.97 Å². The van der Waals surface area contributed by atoms with Crippen molar-refractivity contribution in [1.82, 2.24) is 19.9 Å². The van der Waals surface area contributed by atoms with E-state index in [0.29, 0.717) is 12.1 Å². The van der Waals surface area contributed by atoms with Crippen LogP contribution in [-0.2, 0) is 11.8 Å². The second-order valence-corrected chi connectivity index (χ2v) is 7.99. The number of aromatic nitrogens is 3. The Balaban J connectivity index is 1.47. The van der Waals surface area contributed by atoms with Crippen molar-refractivity contribution < 1.29 is 4.79 Å². The van der Waals surface area contributed by atoms with Gasteiger partial charge in [0.1, 0.15) is 0 Å². The first kappa shape index (κ1) is 17.8. The van der Waals surface area contributed by atoms with Gasteiger partial charge in [-0.15, -0.1) is 0 Å². The number of benzene rings is 1. The molecule has 6 nitrogen and oxygen atoms in total. The number of hydrogen-bond donors (Lipinski definition) is 1. The SMILES string of the molecule is O=C(c1ccc(=O)[nH]c1)N1CCCC2(CCc3cnc(-c4ccccc4)nc32)C1. The summed E-state index contributed by atoms with van der Waals surface area (Å²) in [5.41, 5.74) is 3.51. The summed E-state index contributed by atoms with van der Waals surface area (Å²) in [5.74, 6) is 0.709. The maximum Gasteiger partial charge on any atom is 0.255 e. The van der Waals surface area contributed by atoms with Gasteiger partial charge in [0, 0.05) is 42.5 Å². The summed E-state index contributed by atoms with van der Waals surface area (Å²) in [5, 5.41) is 0. The topological polar surface area (TPSA) is 79.0 Å². The number of piperidine rings is 1. The number of carbonyl (C=O) groups is 1. The predicted molar refractivity (Wildman–Crippen MR) is 110 cm³/mol. The molecule has 146 valence electrons. The summed E-state index contributed by atoms with van der Waals surface area (Å²) in [4.78, 5) is 38.4. The Morgan fingerprint density at radius 3 is 2.76 bits per heavy atom. The molecule has 6 heteroatoms. The quantitative estimate of drug-likeness (QED) is 0.734. The molecule has 1 aliphatic heterocycles. The summed E-state index contributed by atoms with van der Waals surface area (Å²) in [6.45, 7) is 1.38. The molecule has 2 aromatic heterocycles. The smallest absolute Gasteiger partial charge is 0.255 e. The Kier molecular flexibility index (Phi) is 4.27. The van der Waals surface area contributed by atoms with Gasteiger partial charge in [0.25, 0.3) is 5.91 Å². The summed E-state index contributed by atoms with van der Waals surface area (Å²) in [6, 6.07) is 13.0. The van der Waals surface area contributed by atoms with E-state index in [1.165, 1.54) is 17.8 Å². The lowest BCUT2D eigenvalue weighted by Crippen LogP contribution is -2.48. The molecule has 1 aliphatic carbocycles. The maximum absolute atomic E-state index is 13.0. The molecule has 5 rings (SSSR count). The molecule has 1 aromatic carbocycles. The van der Waals surface area contributed by atoms with Crippen LogP contribution in [-0.4, -0.2) is 38.8 Å². The summed E-state index contributed by atoms with van der Waals surface area (Å²) < 4.78 is 0. The molecule has 0 radical (unpaired) electrons. The molecule has 29 heavy (non-hydrogen) atoms. The van der Waals surface area contributed by atoms with E-state index < -0.39 is 0 Å². The molecule has 1 saturated heterocycles. The normalized spacial score (nSPS) is 20.6. The Bertz CT molecular complexity index is 1100. The highest BCUT2D eigenvalue weighted by atomic mass is 16.2. The van der Waals surface area contributed by atoms with Gasteiger partial charge in [0.05, 0.1) is 11.3 Å². The number of likely N-dealkylation sites (tertiary alicyclic amines) is 1. The molecule has 3 heterocycles. The fourth-order valence-corrected chi connectivity index (χ4v) is 4.70. The molecule has 1 atom stereocenters. The number of nitrogens with one attached hydrogen (secondary N) is 1. The molecule has 0 bridgehead atoms. The standard InChI is InChI=1S/C23H22N4O2/c28-19-8-7-18(14-24-19)22(29)27-12-4-10-23(15-27)11-9-17-13-25-21(26-20(17)23)16-5-2-1-3-6-16/h1-3,5-8,13-14H,4,9-12,15H2,(H,24,28). The van der Waals surface area contributed by atoms with Gasteiger partial charge in [0.15, 0.2) is 5.82 Å². The highest BCUT2D eigenvalue weighted by Crippen LogP contribution is 2.44. The van der Waals surface area contributed by atoms with Crippen LogP contribution in [0, 0.1) is 0 Å². The maximum atomic E-state index is 13.0. The molecule has 0 saturated carbocycles. The second kappa shape index (κ2) is 6.95. The molecule has 1 N–H and O–H groups in total. The molecule has 3 aromatic rings. The van der Waals surface area contributed by atoms with Crippen LogP contribution in [0.25, 0.3) is 11.4 Å². The van der Waals surface area contributed by atoms with Crippen molar-refractivity contribution in [2.45, 2.75) is 31.1 Å². The van der Waals surface area contributed by atoms with Crippen LogP contribution in [0.1, 0.15) is 40.9 Å². The van der Waals surface area contributed by atoms with Gasteiger partial charge in [-0.2, -0.15) is 0 Å². The van der Waals surface area contributed by atoms with Gasteiger partial charge in [0.2, 0.25) is 5.56 Å². The van der Waals surface area contributed by atoms with Gasteiger partial charge < -0.3 is 9.88 Å². The Morgan fingerprint density at radius 2 is 1.97 bits per heavy atom. The first-order chi connectivity index (χ1) is 14.1. The van der Waals surface area contributed by atoms with E-state index in [2.05, 4.69) is 9.97 Å². The zero-order valence-corrected chi connectivity index (χ0v) is 16.1. The molecule has 2 aliphatic rings. The van der Waals surface area contributed by atoms with Crippen LogP contribution in [0.3, 0.4) is 0 Å². The van der Waals surface area contributed by atoms with Crippen LogP contribution in [0.4, 0.5) is 0 Å². The number of aromatic amines is 1. The van der Waals surface area contributed by atoms with Crippen molar-refractivity contribution in [1.29, 1.82) is 0 Å². The van der Waals surface area contributed by atoms with Gasteiger partial charge in [-0.05, 0) is 37.3 Å². The van der Waals surface area contributed by atoms with E-state index in [0.717, 1.165) is 49.3 Å². The van der Waals surface area contributed by atoms with E-state index in [9.17, 15) is 9.59 Å². The van der Waals surface area contributed by atoms with Gasteiger partial charge in [-0.3, -0.25) is 9.59 Å². The summed E-state index contributed by atoms with van der Waals surface area (Å²) in [6.07, 6.45) is 7.38. The number of rotatable bonds is 2. The van der Waals surface area contributed by atoms with Crippen molar-refractivity contribution in [2.75, 3.05) is 13.1 Å². The Morgan fingerprint density at radius 1 is 1.10 bits per heavy atom. The second-order valence-electron chi connectivity index (χ2n) is 7.99. The van der Waals surface area contributed by atoms with E-state index in [4.69, 9.17) is 4.98 Å². The minimum Gasteiger partial charge on any atom is -0.338 e. The van der Waals surface area contributed by atoms with Crippen LogP contribution >= 0.6 is 0 Å². The number of nitrogens with zero attached hydrogens (tertiary/aromatic N) is 3. The van der Waals surface area contributed by atoms with E-state index in [1.807, 2.05) is 41.4 Å². The first-order valence-electron chi connectivity index (χ1n) is 10.0. The van der Waals surface area contributed by atoms with Crippen LogP contribution in [0.15, 0.2) is 59.7 Å². The number of amides is 1. The number of aryl methyl sites for hydroxylation is 1. The lowest BCUT2D eigenvalue weighted by atomic mass is 9.77. The van der Waals surface area contributed by atoms with Crippen LogP contribution < -0.4 is 5.56 Å². The number of H-pyrrole nitrogens is 1. The Labute approximate surface area is 168 Å². The number of fused-ring (bicyclic) bond motifs is 2. The average molecular weight is 386 g/mol. The van der Waals surface area contributed by atoms with Crippen molar-refractivity contribution in [3.63, 3.8) is 0 Å². The highest BCUT2D eigenvalue weighted by molar-refractivity contribution is 5.94. The lowest BCUT2D eigenvalue weighted by Gasteiger charge is -2.40. The molecular formula is C23H22N4O2. The molecule has 1 spiro atoms. The van der Waals surface area contributed by atoms with E-state index in [1.54, 1.807) is 6.07 Å². The monoisotopic (exact) mass is 386 g/mol. The van der Waals surface area contributed by atoms with Gasteiger partial charge in [-0.1, -0.05) is 30.3 Å². The van der Waals surface area contributed by atoms with Crippen molar-refractivity contribution in [3.8, 4) is 11.4 Å². The van der Waals surface area contributed by atoms with E-state index >= 15 is 0 Å². The minimum atomic E-state index is -0.202. The fourth-order valence-electron chi connectivity index (χ4n) is 4.70. The first-order valence-corrected chi connectivity index (χ1v) is 10.0. The average Bonchev–Trinajstić information content (AvgIpc) is 3.11. The van der Waals surface area contributed by atoms with Gasteiger partial charge >= 0.3 is 0 Å². The third-order valence-corrected chi connectivity index (χ3v) is 6.17. The van der Waals surface area contributed by atoms with E-state index in [-0.39, 0.29) is 16.9 Å². The summed E-state index contributed by atoms with van der Waals surface area (Å²) >= 11 is 0. The summed E-state index contributed by atoms with van der Waals surface area (Å²) in [7, 11) is 0. The number of hydrogen-bond acceptors (Lipinski definition) is 4. The number of pyridine rings is 1. The minimum absolute atomic E-state index is 0.0360. The fraction of sp³-hybridized carbons (Fsp3) is 0.304. The molecule has 1 fully saturated rings. The predicted octanol–water partition coefficient (Wildman–Crippen LogP) is 2.95. The highest BCUT2D eigenvalue weighted by Gasteiger charge is 2.44. The lowest BCUT2D eigenvalue weighted by molar-refractivity contribution is 0.0633.